The van der Waals surface area contributed by atoms with Crippen LogP contribution in [-0.2, 0) is 27.7 Å². The molecule has 1 unspecified atom stereocenters. The lowest BCUT2D eigenvalue weighted by atomic mass is 9.95. The lowest BCUT2D eigenvalue weighted by Crippen LogP contribution is -2.42. The van der Waals surface area contributed by atoms with Crippen molar-refractivity contribution in [2.24, 2.45) is 5.73 Å². The molecule has 1 aliphatic heterocycles. The third kappa shape index (κ3) is 6.01. The summed E-state index contributed by atoms with van der Waals surface area (Å²) in [6.45, 7) is 2.04. The first kappa shape index (κ1) is 26.2. The van der Waals surface area contributed by atoms with Gasteiger partial charge in [0.2, 0.25) is 5.91 Å². The van der Waals surface area contributed by atoms with Crippen LogP contribution in [0.15, 0.2) is 77.7 Å². The first-order valence-electron chi connectivity index (χ1n) is 11.2. The van der Waals surface area contributed by atoms with Crippen molar-refractivity contribution in [3.63, 3.8) is 0 Å². The second-order valence-electron chi connectivity index (χ2n) is 8.52. The molecule has 0 aliphatic carbocycles. The number of rotatable bonds is 7. The fourth-order valence-electron chi connectivity index (χ4n) is 4.23. The molecule has 1 atom stereocenters. The maximum atomic E-state index is 13.2. The Morgan fingerprint density at radius 1 is 1.09 bits per heavy atom. The van der Waals surface area contributed by atoms with Gasteiger partial charge >= 0.3 is 0 Å². The number of amidine groups is 1. The highest BCUT2D eigenvalue weighted by Crippen LogP contribution is 2.34. The molecule has 0 radical (unpaired) electrons. The molecule has 184 valence electrons. The standard InChI is InChI=1S/C26H28N4O3S.ClH/c1-18-7-11-21-17-22(29-34(32,33)23-5-3-2-4-6-23)14-15-24(21)30(18)25(31)16-10-19-8-12-20(13-9-19)26(27)28;/h2-6,8-9,12-15,17-18,29H,7,10-11,16H2,1H3,(H3,27,28);1H. The Balaban J connectivity index is 0.00000342. The van der Waals surface area contributed by atoms with Gasteiger partial charge in [-0.3, -0.25) is 14.9 Å². The van der Waals surface area contributed by atoms with Crippen molar-refractivity contribution in [2.75, 3.05) is 9.62 Å². The maximum absolute atomic E-state index is 13.2. The van der Waals surface area contributed by atoms with E-state index in [2.05, 4.69) is 4.72 Å². The van der Waals surface area contributed by atoms with E-state index in [9.17, 15) is 13.2 Å². The molecule has 0 spiro atoms. The number of nitrogens with one attached hydrogen (secondary N) is 2. The molecule has 0 saturated heterocycles. The lowest BCUT2D eigenvalue weighted by molar-refractivity contribution is -0.119. The number of fused-ring (bicyclic) bond motifs is 1. The van der Waals surface area contributed by atoms with Crippen molar-refractivity contribution in [3.05, 3.63) is 89.5 Å². The summed E-state index contributed by atoms with van der Waals surface area (Å²) in [5.74, 6) is 0.0495. The molecule has 0 aromatic heterocycles. The number of hydrogen-bond acceptors (Lipinski definition) is 4. The van der Waals surface area contributed by atoms with Crippen molar-refractivity contribution in [3.8, 4) is 0 Å². The Bertz CT molecular complexity index is 1310. The minimum atomic E-state index is -3.68. The van der Waals surface area contributed by atoms with Crippen LogP contribution in [-0.4, -0.2) is 26.2 Å². The molecule has 1 heterocycles. The molecule has 1 amide bonds. The Hall–Kier alpha value is -3.36. The van der Waals surface area contributed by atoms with Gasteiger partial charge < -0.3 is 10.6 Å². The smallest absolute Gasteiger partial charge is 0.261 e. The zero-order valence-electron chi connectivity index (χ0n) is 19.4. The molecule has 1 aliphatic rings. The first-order chi connectivity index (χ1) is 16.2. The van der Waals surface area contributed by atoms with E-state index >= 15 is 0 Å². The Morgan fingerprint density at radius 2 is 1.77 bits per heavy atom. The molecule has 35 heavy (non-hydrogen) atoms. The SMILES string of the molecule is CC1CCc2cc(NS(=O)(=O)c3ccccc3)ccc2N1C(=O)CCc1ccc(C(=N)N)cc1.Cl. The Kier molecular flexibility index (Phi) is 8.19. The predicted molar refractivity (Wildman–Crippen MR) is 142 cm³/mol. The van der Waals surface area contributed by atoms with Crippen molar-refractivity contribution >= 4 is 45.5 Å². The predicted octanol–water partition coefficient (Wildman–Crippen LogP) is 4.49. The number of nitrogens with zero attached hydrogens (tertiary/aromatic N) is 1. The zero-order valence-corrected chi connectivity index (χ0v) is 21.0. The van der Waals surface area contributed by atoms with E-state index in [0.717, 1.165) is 29.7 Å². The third-order valence-corrected chi connectivity index (χ3v) is 7.48. The summed E-state index contributed by atoms with van der Waals surface area (Å²) in [7, 11) is -3.68. The lowest BCUT2D eigenvalue weighted by Gasteiger charge is -2.35. The van der Waals surface area contributed by atoms with Crippen LogP contribution in [0, 0.1) is 5.41 Å². The molecule has 0 saturated carbocycles. The van der Waals surface area contributed by atoms with Crippen LogP contribution in [0.4, 0.5) is 11.4 Å². The fourth-order valence-corrected chi connectivity index (χ4v) is 5.30. The number of nitrogen functional groups attached to an aromatic ring is 1. The van der Waals surface area contributed by atoms with Gasteiger partial charge in [0.1, 0.15) is 5.84 Å². The molecule has 7 nitrogen and oxygen atoms in total. The molecule has 4 rings (SSSR count). The van der Waals surface area contributed by atoms with E-state index in [1.165, 1.54) is 0 Å². The molecule has 9 heteroatoms. The fraction of sp³-hybridized carbons (Fsp3) is 0.231. The second kappa shape index (κ2) is 10.9. The van der Waals surface area contributed by atoms with E-state index in [0.29, 0.717) is 24.1 Å². The number of carbonyl (C=O) groups is 1. The third-order valence-electron chi connectivity index (χ3n) is 6.08. The van der Waals surface area contributed by atoms with Gasteiger partial charge in [0.15, 0.2) is 0 Å². The largest absolute Gasteiger partial charge is 0.384 e. The summed E-state index contributed by atoms with van der Waals surface area (Å²) in [5, 5.41) is 7.49. The quantitative estimate of drug-likeness (QED) is 0.319. The average Bonchev–Trinajstić information content (AvgIpc) is 2.83. The van der Waals surface area contributed by atoms with Crippen molar-refractivity contribution in [2.45, 2.75) is 43.5 Å². The second-order valence-corrected chi connectivity index (χ2v) is 10.2. The molecular formula is C26H29ClN4O3S. The number of benzene rings is 3. The minimum absolute atomic E-state index is 0. The van der Waals surface area contributed by atoms with E-state index in [1.54, 1.807) is 48.5 Å². The molecule has 4 N–H and O–H groups in total. The normalized spacial score (nSPS) is 15.0. The number of aryl methyl sites for hydroxylation is 2. The van der Waals surface area contributed by atoms with Gasteiger partial charge in [-0.2, -0.15) is 0 Å². The highest BCUT2D eigenvalue weighted by molar-refractivity contribution is 7.92. The summed E-state index contributed by atoms with van der Waals surface area (Å²) in [6.07, 6.45) is 2.52. The summed E-state index contributed by atoms with van der Waals surface area (Å²) >= 11 is 0. The first-order valence-corrected chi connectivity index (χ1v) is 12.7. The number of hydrogen-bond donors (Lipinski definition) is 3. The number of sulfonamides is 1. The highest BCUT2D eigenvalue weighted by Gasteiger charge is 2.28. The van der Waals surface area contributed by atoms with Gasteiger partial charge in [0, 0.05) is 29.4 Å². The van der Waals surface area contributed by atoms with Gasteiger partial charge in [-0.1, -0.05) is 42.5 Å². The molecule has 3 aromatic carbocycles. The van der Waals surface area contributed by atoms with Crippen LogP contribution in [0.2, 0.25) is 0 Å². The van der Waals surface area contributed by atoms with Crippen molar-refractivity contribution in [1.82, 2.24) is 0 Å². The van der Waals surface area contributed by atoms with Crippen molar-refractivity contribution in [1.29, 1.82) is 5.41 Å². The van der Waals surface area contributed by atoms with Crippen LogP contribution in [0.3, 0.4) is 0 Å². The molecular weight excluding hydrogens is 484 g/mol. The van der Waals surface area contributed by atoms with Gasteiger partial charge in [-0.05, 0) is 67.6 Å². The Labute approximate surface area is 212 Å². The van der Waals surface area contributed by atoms with Crippen LogP contribution < -0.4 is 15.4 Å². The number of anilines is 2. The van der Waals surface area contributed by atoms with Crippen LogP contribution in [0.1, 0.15) is 36.5 Å². The molecule has 0 bridgehead atoms. The minimum Gasteiger partial charge on any atom is -0.384 e. The maximum Gasteiger partial charge on any atom is 0.261 e. The summed E-state index contributed by atoms with van der Waals surface area (Å²) in [4.78, 5) is 15.2. The number of halogens is 1. The van der Waals surface area contributed by atoms with Crippen LogP contribution in [0.25, 0.3) is 0 Å². The van der Waals surface area contributed by atoms with Crippen molar-refractivity contribution < 1.29 is 13.2 Å². The van der Waals surface area contributed by atoms with E-state index in [-0.39, 0.29) is 35.1 Å². The van der Waals surface area contributed by atoms with Gasteiger partial charge in [0.25, 0.3) is 10.0 Å². The summed E-state index contributed by atoms with van der Waals surface area (Å²) in [6, 6.07) is 21.0. The highest BCUT2D eigenvalue weighted by atomic mass is 35.5. The monoisotopic (exact) mass is 512 g/mol. The molecule has 0 fully saturated rings. The van der Waals surface area contributed by atoms with Gasteiger partial charge in [-0.25, -0.2) is 8.42 Å². The molecule has 3 aromatic rings. The van der Waals surface area contributed by atoms with E-state index < -0.39 is 10.0 Å². The van der Waals surface area contributed by atoms with Crippen LogP contribution in [0.5, 0.6) is 0 Å². The van der Waals surface area contributed by atoms with Gasteiger partial charge in [-0.15, -0.1) is 12.4 Å². The number of amides is 1. The number of nitrogens with two attached hydrogens (primary N) is 1. The van der Waals surface area contributed by atoms with Crippen LogP contribution >= 0.6 is 12.4 Å². The zero-order chi connectivity index (χ0) is 24.3. The summed E-state index contributed by atoms with van der Waals surface area (Å²) < 4.78 is 28.0. The topological polar surface area (TPSA) is 116 Å². The number of carbonyl (C=O) groups excluding carboxylic acids is 1. The van der Waals surface area contributed by atoms with E-state index in [1.807, 2.05) is 36.1 Å². The average molecular weight is 513 g/mol. The Morgan fingerprint density at radius 3 is 2.43 bits per heavy atom. The van der Waals surface area contributed by atoms with E-state index in [4.69, 9.17) is 11.1 Å². The van der Waals surface area contributed by atoms with Gasteiger partial charge in [0.05, 0.1) is 4.90 Å². The summed E-state index contributed by atoms with van der Waals surface area (Å²) in [5.41, 5.74) is 9.43.